The first-order valence-corrected chi connectivity index (χ1v) is 8.32. The number of nitrogens with zero attached hydrogens (tertiary/aromatic N) is 1. The molecule has 1 amide bonds. The molecule has 2 rings (SSSR count). The van der Waals surface area contributed by atoms with Crippen LogP contribution >= 0.6 is 11.3 Å². The predicted molar refractivity (Wildman–Crippen MR) is 81.8 cm³/mol. The second-order valence-electron chi connectivity index (χ2n) is 5.63. The highest BCUT2D eigenvalue weighted by molar-refractivity contribution is 7.13. The number of rotatable bonds is 4. The van der Waals surface area contributed by atoms with Crippen LogP contribution < -0.4 is 5.32 Å². The number of aryl methyl sites for hydroxylation is 2. The first-order chi connectivity index (χ1) is 9.98. The van der Waals surface area contributed by atoms with Crippen LogP contribution in [0.15, 0.2) is 0 Å². The fourth-order valence-electron chi connectivity index (χ4n) is 2.81. The van der Waals surface area contributed by atoms with Gasteiger partial charge in [-0.05, 0) is 26.2 Å². The molecule has 6 heteroatoms. The molecule has 0 aromatic carbocycles. The quantitative estimate of drug-likeness (QED) is 0.838. The van der Waals surface area contributed by atoms with Gasteiger partial charge in [0.15, 0.2) is 0 Å². The van der Waals surface area contributed by atoms with E-state index in [0.29, 0.717) is 23.4 Å². The lowest BCUT2D eigenvalue weighted by Crippen LogP contribution is -2.54. The van der Waals surface area contributed by atoms with E-state index in [-0.39, 0.29) is 5.91 Å². The number of thiazole rings is 1. The lowest BCUT2D eigenvalue weighted by atomic mass is 9.90. The summed E-state index contributed by atoms with van der Waals surface area (Å²) in [5.41, 5.74) is -0.431. The van der Waals surface area contributed by atoms with E-state index in [1.54, 1.807) is 6.92 Å². The van der Waals surface area contributed by atoms with Crippen LogP contribution in [-0.2, 0) is 11.2 Å². The van der Waals surface area contributed by atoms with Crippen molar-refractivity contribution in [3.63, 3.8) is 0 Å². The van der Waals surface area contributed by atoms with Gasteiger partial charge >= 0.3 is 5.97 Å². The molecule has 0 aliphatic heterocycles. The van der Waals surface area contributed by atoms with Crippen molar-refractivity contribution in [2.45, 2.75) is 64.3 Å². The molecule has 0 unspecified atom stereocenters. The van der Waals surface area contributed by atoms with E-state index in [9.17, 15) is 14.7 Å². The normalized spacial score (nSPS) is 18.0. The summed E-state index contributed by atoms with van der Waals surface area (Å²) >= 11 is 1.36. The second kappa shape index (κ2) is 6.56. The zero-order chi connectivity index (χ0) is 15.5. The van der Waals surface area contributed by atoms with Crippen LogP contribution in [0.3, 0.4) is 0 Å². The summed E-state index contributed by atoms with van der Waals surface area (Å²) in [6.45, 7) is 3.79. The van der Waals surface area contributed by atoms with Crippen LogP contribution in [0.1, 0.15) is 65.8 Å². The molecule has 0 radical (unpaired) electrons. The molecule has 1 aliphatic carbocycles. The smallest absolute Gasteiger partial charge is 0.329 e. The second-order valence-corrected chi connectivity index (χ2v) is 6.71. The Hall–Kier alpha value is -1.43. The van der Waals surface area contributed by atoms with E-state index in [1.807, 2.05) is 6.92 Å². The molecule has 1 aliphatic rings. The van der Waals surface area contributed by atoms with Gasteiger partial charge in [-0.15, -0.1) is 11.3 Å². The molecule has 0 atom stereocenters. The largest absolute Gasteiger partial charge is 0.480 e. The SMILES string of the molecule is CCc1nc(C)c(C(=O)NC2(C(=O)O)CCCCCC2)s1. The number of aromatic nitrogens is 1. The number of hydrogen-bond acceptors (Lipinski definition) is 4. The van der Waals surface area contributed by atoms with Gasteiger partial charge in [-0.3, -0.25) is 4.79 Å². The monoisotopic (exact) mass is 310 g/mol. The first kappa shape index (κ1) is 15.9. The highest BCUT2D eigenvalue weighted by Crippen LogP contribution is 2.29. The Labute approximate surface area is 128 Å². The Morgan fingerprint density at radius 3 is 2.38 bits per heavy atom. The van der Waals surface area contributed by atoms with E-state index in [4.69, 9.17) is 0 Å². The van der Waals surface area contributed by atoms with Crippen molar-refractivity contribution in [1.29, 1.82) is 0 Å². The number of carbonyl (C=O) groups excluding carboxylic acids is 1. The maximum atomic E-state index is 12.5. The van der Waals surface area contributed by atoms with Crippen molar-refractivity contribution < 1.29 is 14.7 Å². The van der Waals surface area contributed by atoms with Gasteiger partial charge in [0, 0.05) is 0 Å². The maximum Gasteiger partial charge on any atom is 0.329 e. The minimum Gasteiger partial charge on any atom is -0.480 e. The number of hydrogen-bond donors (Lipinski definition) is 2. The number of carbonyl (C=O) groups is 2. The van der Waals surface area contributed by atoms with Crippen molar-refractivity contribution in [1.82, 2.24) is 10.3 Å². The van der Waals surface area contributed by atoms with E-state index >= 15 is 0 Å². The molecule has 1 saturated carbocycles. The Kier molecular flexibility index (Phi) is 4.98. The molecule has 2 N–H and O–H groups in total. The highest BCUT2D eigenvalue weighted by atomic mass is 32.1. The van der Waals surface area contributed by atoms with E-state index < -0.39 is 11.5 Å². The van der Waals surface area contributed by atoms with Gasteiger partial charge in [0.1, 0.15) is 10.4 Å². The van der Waals surface area contributed by atoms with E-state index in [2.05, 4.69) is 10.3 Å². The average Bonchev–Trinajstić information content (AvgIpc) is 2.67. The zero-order valence-electron chi connectivity index (χ0n) is 12.6. The van der Waals surface area contributed by atoms with Crippen LogP contribution in [0, 0.1) is 6.92 Å². The summed E-state index contributed by atoms with van der Waals surface area (Å²) in [7, 11) is 0. The summed E-state index contributed by atoms with van der Waals surface area (Å²) in [6, 6.07) is 0. The van der Waals surface area contributed by atoms with Crippen LogP contribution in [-0.4, -0.2) is 27.5 Å². The summed E-state index contributed by atoms with van der Waals surface area (Å²) in [5, 5.41) is 13.3. The van der Waals surface area contributed by atoms with Crippen molar-refractivity contribution in [2.24, 2.45) is 0 Å². The van der Waals surface area contributed by atoms with Crippen molar-refractivity contribution in [3.05, 3.63) is 15.6 Å². The molecule has 21 heavy (non-hydrogen) atoms. The number of carboxylic acids is 1. The van der Waals surface area contributed by atoms with Crippen LogP contribution in [0.2, 0.25) is 0 Å². The van der Waals surface area contributed by atoms with Gasteiger partial charge < -0.3 is 10.4 Å². The minimum atomic E-state index is -1.11. The summed E-state index contributed by atoms with van der Waals surface area (Å²) in [6.07, 6.45) is 5.54. The van der Waals surface area contributed by atoms with Crippen LogP contribution in [0.4, 0.5) is 0 Å². The molecule has 0 spiro atoms. The molecule has 1 fully saturated rings. The van der Waals surface area contributed by atoms with Crippen LogP contribution in [0.5, 0.6) is 0 Å². The average molecular weight is 310 g/mol. The van der Waals surface area contributed by atoms with Crippen molar-refractivity contribution in [3.8, 4) is 0 Å². The van der Waals surface area contributed by atoms with E-state index in [0.717, 1.165) is 37.1 Å². The Morgan fingerprint density at radius 1 is 1.29 bits per heavy atom. The Morgan fingerprint density at radius 2 is 1.90 bits per heavy atom. The molecular formula is C15H22N2O3S. The van der Waals surface area contributed by atoms with Crippen molar-refractivity contribution in [2.75, 3.05) is 0 Å². The van der Waals surface area contributed by atoms with Gasteiger partial charge in [0.2, 0.25) is 0 Å². The van der Waals surface area contributed by atoms with Gasteiger partial charge in [-0.2, -0.15) is 0 Å². The Balaban J connectivity index is 2.21. The molecule has 0 saturated heterocycles. The lowest BCUT2D eigenvalue weighted by Gasteiger charge is -2.29. The number of nitrogens with one attached hydrogen (secondary N) is 1. The fraction of sp³-hybridized carbons (Fsp3) is 0.667. The fourth-order valence-corrected chi connectivity index (χ4v) is 3.71. The Bertz CT molecular complexity index is 531. The van der Waals surface area contributed by atoms with Crippen molar-refractivity contribution >= 4 is 23.2 Å². The summed E-state index contributed by atoms with van der Waals surface area (Å²) in [5.74, 6) is -1.22. The molecule has 116 valence electrons. The van der Waals surface area contributed by atoms with Gasteiger partial charge in [0.05, 0.1) is 10.7 Å². The van der Waals surface area contributed by atoms with Gasteiger partial charge in [-0.1, -0.05) is 32.6 Å². The summed E-state index contributed by atoms with van der Waals surface area (Å²) in [4.78, 5) is 29.1. The molecular weight excluding hydrogens is 288 g/mol. The minimum absolute atomic E-state index is 0.297. The number of carboxylic acid groups (broad SMARTS) is 1. The van der Waals surface area contributed by atoms with Gasteiger partial charge in [0.25, 0.3) is 5.91 Å². The standard InChI is InChI=1S/C15H22N2O3S/c1-3-11-16-10(2)12(21-11)13(18)17-15(14(19)20)8-6-4-5-7-9-15/h3-9H2,1-2H3,(H,17,18)(H,19,20). The predicted octanol–water partition coefficient (Wildman–Crippen LogP) is 2.92. The van der Waals surface area contributed by atoms with Gasteiger partial charge in [-0.25, -0.2) is 9.78 Å². The zero-order valence-corrected chi connectivity index (χ0v) is 13.4. The molecule has 1 aromatic heterocycles. The molecule has 1 aromatic rings. The number of aliphatic carboxylic acids is 1. The third kappa shape index (κ3) is 3.43. The third-order valence-electron chi connectivity index (χ3n) is 4.07. The number of amides is 1. The topological polar surface area (TPSA) is 79.3 Å². The molecule has 1 heterocycles. The highest BCUT2D eigenvalue weighted by Gasteiger charge is 2.40. The lowest BCUT2D eigenvalue weighted by molar-refractivity contribution is -0.145. The maximum absolute atomic E-state index is 12.5. The first-order valence-electron chi connectivity index (χ1n) is 7.51. The molecule has 5 nitrogen and oxygen atoms in total. The van der Waals surface area contributed by atoms with E-state index in [1.165, 1.54) is 11.3 Å². The summed E-state index contributed by atoms with van der Waals surface area (Å²) < 4.78 is 0. The third-order valence-corrected chi connectivity index (χ3v) is 5.37. The molecule has 0 bridgehead atoms. The van der Waals surface area contributed by atoms with Crippen LogP contribution in [0.25, 0.3) is 0 Å².